The summed E-state index contributed by atoms with van der Waals surface area (Å²) in [6, 6.07) is 0. The molecule has 0 unspecified atom stereocenters. The standard InChI is InChI=1S/C4HF3IN2/c5-4(6,7)3-2(8)1-9-10-3/h1H. The van der Waals surface area contributed by atoms with Gasteiger partial charge in [0.2, 0.25) is 0 Å². The van der Waals surface area contributed by atoms with Crippen LogP contribution in [-0.4, -0.2) is 11.9 Å². The van der Waals surface area contributed by atoms with Gasteiger partial charge in [-0.3, -0.25) is 0 Å². The van der Waals surface area contributed by atoms with Gasteiger partial charge in [-0.15, -0.1) is 5.10 Å². The summed E-state index contributed by atoms with van der Waals surface area (Å²) < 4.78 is 35.4. The molecular formula is C4HF3IN2. The molecule has 0 spiro atoms. The molecule has 0 N–H and O–H groups in total. The molecular weight excluding hydrogens is 260 g/mol. The van der Waals surface area contributed by atoms with Crippen LogP contribution in [0.1, 0.15) is 0 Å². The Morgan fingerprint density at radius 2 is 2.00 bits per heavy atom. The largest absolute Gasteiger partial charge is 0.436 e. The molecule has 1 aliphatic heterocycles. The van der Waals surface area contributed by atoms with E-state index in [0.717, 1.165) is 6.20 Å². The Kier molecular flexibility index (Phi) is 1.88. The van der Waals surface area contributed by atoms with Crippen LogP contribution in [-0.2, 0) is 0 Å². The number of hydrogen-bond donors (Lipinski definition) is 0. The van der Waals surface area contributed by atoms with Crippen molar-refractivity contribution in [1.82, 2.24) is 5.43 Å². The molecule has 0 aromatic rings. The molecule has 0 saturated heterocycles. The third kappa shape index (κ3) is 1.41. The molecule has 0 aromatic heterocycles. The van der Waals surface area contributed by atoms with Gasteiger partial charge in [-0.25, -0.2) is 0 Å². The summed E-state index contributed by atoms with van der Waals surface area (Å²) in [4.78, 5) is 0. The van der Waals surface area contributed by atoms with E-state index in [2.05, 4.69) is 10.5 Å². The first kappa shape index (κ1) is 7.83. The van der Waals surface area contributed by atoms with Crippen molar-refractivity contribution in [1.29, 1.82) is 0 Å². The van der Waals surface area contributed by atoms with Crippen LogP contribution < -0.4 is 5.43 Å². The fourth-order valence-electron chi connectivity index (χ4n) is 0.438. The topological polar surface area (TPSA) is 26.5 Å². The molecule has 0 saturated carbocycles. The molecule has 0 aliphatic carbocycles. The van der Waals surface area contributed by atoms with E-state index in [-0.39, 0.29) is 3.58 Å². The predicted octanol–water partition coefficient (Wildman–Crippen LogP) is 1.80. The maximum Gasteiger partial charge on any atom is 0.436 e. The van der Waals surface area contributed by atoms with Crippen LogP contribution in [0.25, 0.3) is 0 Å². The summed E-state index contributed by atoms with van der Waals surface area (Å²) in [5.74, 6) is 0. The highest BCUT2D eigenvalue weighted by Gasteiger charge is 2.39. The number of alkyl halides is 3. The Balaban J connectivity index is 2.85. The van der Waals surface area contributed by atoms with E-state index in [1.54, 1.807) is 0 Å². The monoisotopic (exact) mass is 261 g/mol. The zero-order valence-electron chi connectivity index (χ0n) is 4.48. The van der Waals surface area contributed by atoms with Gasteiger partial charge < -0.3 is 0 Å². The summed E-state index contributed by atoms with van der Waals surface area (Å²) in [5.41, 5.74) is 2.20. The molecule has 2 nitrogen and oxygen atoms in total. The summed E-state index contributed by atoms with van der Waals surface area (Å²) in [6.07, 6.45) is -3.30. The van der Waals surface area contributed by atoms with Gasteiger partial charge in [-0.1, -0.05) is 0 Å². The van der Waals surface area contributed by atoms with E-state index in [1.807, 2.05) is 0 Å². The molecule has 0 bridgehead atoms. The smallest absolute Gasteiger partial charge is 0.164 e. The Morgan fingerprint density at radius 1 is 1.40 bits per heavy atom. The van der Waals surface area contributed by atoms with Gasteiger partial charge in [0.1, 0.15) is 0 Å². The van der Waals surface area contributed by atoms with Crippen LogP contribution >= 0.6 is 22.6 Å². The third-order valence-electron chi connectivity index (χ3n) is 0.824. The second-order valence-corrected chi connectivity index (χ2v) is 2.70. The predicted molar refractivity (Wildman–Crippen MR) is 37.7 cm³/mol. The molecule has 1 rings (SSSR count). The van der Waals surface area contributed by atoms with E-state index in [0.29, 0.717) is 0 Å². The molecule has 0 fully saturated rings. The second kappa shape index (κ2) is 2.40. The number of halogens is 4. The van der Waals surface area contributed by atoms with E-state index in [4.69, 9.17) is 0 Å². The quantitative estimate of drug-likeness (QED) is 0.594. The van der Waals surface area contributed by atoms with Crippen LogP contribution in [0.3, 0.4) is 0 Å². The van der Waals surface area contributed by atoms with Crippen molar-refractivity contribution in [2.45, 2.75) is 6.18 Å². The first-order valence-corrected chi connectivity index (χ1v) is 3.31. The van der Waals surface area contributed by atoms with Gasteiger partial charge in [-0.2, -0.15) is 18.6 Å². The van der Waals surface area contributed by atoms with Gasteiger partial charge >= 0.3 is 6.18 Å². The number of nitrogens with zero attached hydrogens (tertiary/aromatic N) is 2. The minimum atomic E-state index is -4.37. The lowest BCUT2D eigenvalue weighted by Crippen LogP contribution is -2.21. The third-order valence-corrected chi connectivity index (χ3v) is 1.61. The maximum atomic E-state index is 11.8. The summed E-state index contributed by atoms with van der Waals surface area (Å²) in [5, 5.41) is 2.90. The Labute approximate surface area is 68.3 Å². The van der Waals surface area contributed by atoms with Crippen molar-refractivity contribution in [2.75, 3.05) is 0 Å². The highest BCUT2D eigenvalue weighted by atomic mass is 127. The van der Waals surface area contributed by atoms with Crippen molar-refractivity contribution in [3.63, 3.8) is 0 Å². The number of hydrogen-bond acceptors (Lipinski definition) is 1. The second-order valence-electron chi connectivity index (χ2n) is 1.54. The summed E-state index contributed by atoms with van der Waals surface area (Å²) >= 11 is 1.54. The lowest BCUT2D eigenvalue weighted by Gasteiger charge is -2.02. The number of allylic oxidation sites excluding steroid dienone is 1. The zero-order chi connectivity index (χ0) is 7.78. The first-order valence-electron chi connectivity index (χ1n) is 2.23. The van der Waals surface area contributed by atoms with Crippen molar-refractivity contribution in [3.05, 3.63) is 9.78 Å². The molecule has 55 valence electrons. The van der Waals surface area contributed by atoms with E-state index < -0.39 is 11.9 Å². The van der Waals surface area contributed by atoms with Crippen LogP contribution in [0.4, 0.5) is 13.2 Å². The van der Waals surface area contributed by atoms with Gasteiger partial charge in [0.25, 0.3) is 0 Å². The van der Waals surface area contributed by atoms with E-state index >= 15 is 0 Å². The molecule has 0 aromatic carbocycles. The van der Waals surface area contributed by atoms with Gasteiger partial charge in [-0.05, 0) is 22.6 Å². The molecule has 1 radical (unpaired) electrons. The van der Waals surface area contributed by atoms with Crippen LogP contribution in [0.5, 0.6) is 0 Å². The lowest BCUT2D eigenvalue weighted by atomic mass is 10.4. The summed E-state index contributed by atoms with van der Waals surface area (Å²) in [7, 11) is 0. The SMILES string of the molecule is FC(F)(F)C1=N[N]C=C1I. The fourth-order valence-corrected chi connectivity index (χ4v) is 0.977. The zero-order valence-corrected chi connectivity index (χ0v) is 6.64. The van der Waals surface area contributed by atoms with Gasteiger partial charge in [0.15, 0.2) is 5.71 Å². The maximum absolute atomic E-state index is 11.8. The molecule has 1 heterocycles. The normalized spacial score (nSPS) is 18.0. The Hall–Kier alpha value is -0.270. The van der Waals surface area contributed by atoms with Crippen molar-refractivity contribution >= 4 is 28.3 Å². The van der Waals surface area contributed by atoms with E-state index in [1.165, 1.54) is 22.6 Å². The fraction of sp³-hybridized carbons (Fsp3) is 0.250. The van der Waals surface area contributed by atoms with Gasteiger partial charge in [0, 0.05) is 0 Å². The van der Waals surface area contributed by atoms with Crippen LogP contribution in [0, 0.1) is 0 Å². The minimum absolute atomic E-state index is 0.0325. The lowest BCUT2D eigenvalue weighted by molar-refractivity contribution is -0.0578. The van der Waals surface area contributed by atoms with E-state index in [9.17, 15) is 13.2 Å². The molecule has 0 atom stereocenters. The molecule has 0 amide bonds. The van der Waals surface area contributed by atoms with Crippen molar-refractivity contribution in [2.24, 2.45) is 5.10 Å². The molecule has 10 heavy (non-hydrogen) atoms. The van der Waals surface area contributed by atoms with Crippen LogP contribution in [0.2, 0.25) is 0 Å². The summed E-state index contributed by atoms with van der Waals surface area (Å²) in [6.45, 7) is 0. The molecule has 6 heteroatoms. The van der Waals surface area contributed by atoms with Crippen molar-refractivity contribution < 1.29 is 13.2 Å². The van der Waals surface area contributed by atoms with Crippen molar-refractivity contribution in [3.8, 4) is 0 Å². The molecule has 1 aliphatic rings. The van der Waals surface area contributed by atoms with Gasteiger partial charge in [0.05, 0.1) is 9.78 Å². The highest BCUT2D eigenvalue weighted by molar-refractivity contribution is 14.1. The number of rotatable bonds is 0. The average molecular weight is 261 g/mol. The average Bonchev–Trinajstić information content (AvgIpc) is 2.11. The minimum Gasteiger partial charge on any atom is -0.164 e. The Morgan fingerprint density at radius 3 is 2.20 bits per heavy atom. The van der Waals surface area contributed by atoms with Crippen LogP contribution in [0.15, 0.2) is 14.9 Å². The highest BCUT2D eigenvalue weighted by Crippen LogP contribution is 2.27. The Bertz CT molecular complexity index is 205. The first-order chi connectivity index (χ1) is 4.52.